The first-order chi connectivity index (χ1) is 8.13. The molecule has 94 valence electrons. The van der Waals surface area contributed by atoms with E-state index in [0.717, 1.165) is 38.0 Å². The van der Waals surface area contributed by atoms with Crippen molar-refractivity contribution in [3.05, 3.63) is 30.1 Å². The molecule has 1 fully saturated rings. The Morgan fingerprint density at radius 2 is 2.18 bits per heavy atom. The average Bonchev–Trinajstić information content (AvgIpc) is 2.52. The zero-order chi connectivity index (χ0) is 12.3. The molecular formula is C13H19FN2O. The van der Waals surface area contributed by atoms with Crippen LogP contribution in [0.5, 0.6) is 0 Å². The third-order valence-corrected chi connectivity index (χ3v) is 3.47. The van der Waals surface area contributed by atoms with Gasteiger partial charge in [0.15, 0.2) is 0 Å². The van der Waals surface area contributed by atoms with E-state index in [9.17, 15) is 9.50 Å². The molecule has 0 aliphatic carbocycles. The van der Waals surface area contributed by atoms with Crippen LogP contribution in [0.3, 0.4) is 0 Å². The van der Waals surface area contributed by atoms with Gasteiger partial charge in [-0.15, -0.1) is 0 Å². The van der Waals surface area contributed by atoms with Crippen LogP contribution in [0.2, 0.25) is 0 Å². The number of anilines is 1. The molecule has 1 saturated heterocycles. The Balaban J connectivity index is 2.09. The van der Waals surface area contributed by atoms with Crippen LogP contribution < -0.4 is 10.6 Å². The molecule has 4 heteroatoms. The minimum absolute atomic E-state index is 0.0178. The monoisotopic (exact) mass is 238 g/mol. The van der Waals surface area contributed by atoms with Crippen molar-refractivity contribution in [1.29, 1.82) is 0 Å². The molecule has 1 aromatic rings. The van der Waals surface area contributed by atoms with E-state index in [1.165, 1.54) is 6.07 Å². The van der Waals surface area contributed by atoms with Crippen LogP contribution in [0.25, 0.3) is 0 Å². The van der Waals surface area contributed by atoms with Gasteiger partial charge in [-0.1, -0.05) is 6.07 Å². The molecule has 17 heavy (non-hydrogen) atoms. The number of benzene rings is 1. The molecule has 0 radical (unpaired) electrons. The normalized spacial score (nSPS) is 25.7. The highest BCUT2D eigenvalue weighted by atomic mass is 19.1. The van der Waals surface area contributed by atoms with Gasteiger partial charge in [0, 0.05) is 24.3 Å². The lowest BCUT2D eigenvalue weighted by Crippen LogP contribution is -2.44. The number of aliphatic hydroxyl groups excluding tert-OH is 1. The molecular weight excluding hydrogens is 219 g/mol. The third-order valence-electron chi connectivity index (χ3n) is 3.47. The first kappa shape index (κ1) is 12.3. The fourth-order valence-corrected chi connectivity index (χ4v) is 2.31. The third kappa shape index (κ3) is 2.96. The summed E-state index contributed by atoms with van der Waals surface area (Å²) in [4.78, 5) is 2.13. The molecule has 0 amide bonds. The summed E-state index contributed by atoms with van der Waals surface area (Å²) >= 11 is 0. The number of nitrogens with two attached hydrogens (primary N) is 1. The van der Waals surface area contributed by atoms with E-state index in [2.05, 4.69) is 4.90 Å². The van der Waals surface area contributed by atoms with Gasteiger partial charge in [-0.05, 0) is 37.5 Å². The number of aliphatic hydroxyl groups is 1. The van der Waals surface area contributed by atoms with E-state index in [4.69, 9.17) is 5.73 Å². The lowest BCUT2D eigenvalue weighted by molar-refractivity contribution is 0.183. The molecule has 2 rings (SSSR count). The van der Waals surface area contributed by atoms with Crippen molar-refractivity contribution in [3.8, 4) is 0 Å². The molecule has 1 heterocycles. The summed E-state index contributed by atoms with van der Waals surface area (Å²) < 4.78 is 13.2. The number of hydrogen-bond donors (Lipinski definition) is 2. The van der Waals surface area contributed by atoms with Crippen molar-refractivity contribution in [2.45, 2.75) is 24.8 Å². The highest BCUT2D eigenvalue weighted by molar-refractivity contribution is 5.46. The Morgan fingerprint density at radius 1 is 1.35 bits per heavy atom. The van der Waals surface area contributed by atoms with E-state index < -0.39 is 5.54 Å². The van der Waals surface area contributed by atoms with Gasteiger partial charge in [0.05, 0.1) is 6.61 Å². The fourth-order valence-electron chi connectivity index (χ4n) is 2.31. The largest absolute Gasteiger partial charge is 0.394 e. The van der Waals surface area contributed by atoms with Crippen LogP contribution in [0.15, 0.2) is 24.3 Å². The van der Waals surface area contributed by atoms with Crippen LogP contribution in [-0.4, -0.2) is 30.3 Å². The molecule has 0 aromatic heterocycles. The molecule has 0 spiro atoms. The van der Waals surface area contributed by atoms with Gasteiger partial charge in [-0.25, -0.2) is 4.39 Å². The van der Waals surface area contributed by atoms with Crippen LogP contribution in [0.4, 0.5) is 10.1 Å². The average molecular weight is 238 g/mol. The summed E-state index contributed by atoms with van der Waals surface area (Å²) in [5, 5.41) is 9.27. The maximum absolute atomic E-state index is 13.2. The van der Waals surface area contributed by atoms with Gasteiger partial charge < -0.3 is 15.7 Å². The topological polar surface area (TPSA) is 49.5 Å². The molecule has 1 aliphatic heterocycles. The maximum Gasteiger partial charge on any atom is 0.125 e. The predicted molar refractivity (Wildman–Crippen MR) is 66.5 cm³/mol. The molecule has 1 aliphatic rings. The van der Waals surface area contributed by atoms with Crippen LogP contribution in [0.1, 0.15) is 19.3 Å². The fraction of sp³-hybridized carbons (Fsp3) is 0.538. The van der Waals surface area contributed by atoms with Gasteiger partial charge in [0.25, 0.3) is 0 Å². The van der Waals surface area contributed by atoms with E-state index in [1.807, 2.05) is 6.07 Å². The molecule has 0 bridgehead atoms. The number of rotatable bonds is 2. The Labute approximate surface area is 101 Å². The van der Waals surface area contributed by atoms with E-state index in [0.29, 0.717) is 0 Å². The second kappa shape index (κ2) is 5.02. The molecule has 3 nitrogen and oxygen atoms in total. The summed E-state index contributed by atoms with van der Waals surface area (Å²) in [7, 11) is 0. The van der Waals surface area contributed by atoms with Gasteiger partial charge in [0.2, 0.25) is 0 Å². The predicted octanol–water partition coefficient (Wildman–Crippen LogP) is 1.51. The quantitative estimate of drug-likeness (QED) is 0.821. The smallest absolute Gasteiger partial charge is 0.125 e. The van der Waals surface area contributed by atoms with Crippen LogP contribution in [-0.2, 0) is 0 Å². The maximum atomic E-state index is 13.2. The van der Waals surface area contributed by atoms with Crippen molar-refractivity contribution in [2.24, 2.45) is 5.73 Å². The van der Waals surface area contributed by atoms with Crippen molar-refractivity contribution in [1.82, 2.24) is 0 Å². The Hall–Kier alpha value is -1.13. The standard InChI is InChI=1S/C13H19FN2O/c14-11-3-1-4-12(9-11)16-7-2-5-13(15,10-17)6-8-16/h1,3-4,9,17H,2,5-8,10,15H2. The summed E-state index contributed by atoms with van der Waals surface area (Å²) in [6.07, 6.45) is 2.48. The van der Waals surface area contributed by atoms with E-state index >= 15 is 0 Å². The lowest BCUT2D eigenvalue weighted by Gasteiger charge is -2.26. The molecule has 3 N–H and O–H groups in total. The van der Waals surface area contributed by atoms with E-state index in [1.54, 1.807) is 12.1 Å². The minimum Gasteiger partial charge on any atom is -0.394 e. The van der Waals surface area contributed by atoms with Gasteiger partial charge >= 0.3 is 0 Å². The minimum atomic E-state index is -0.470. The summed E-state index contributed by atoms with van der Waals surface area (Å²) in [6, 6.07) is 6.62. The van der Waals surface area contributed by atoms with E-state index in [-0.39, 0.29) is 12.4 Å². The van der Waals surface area contributed by atoms with Crippen molar-refractivity contribution in [2.75, 3.05) is 24.6 Å². The summed E-state index contributed by atoms with van der Waals surface area (Å²) in [6.45, 7) is 1.65. The molecule has 1 atom stereocenters. The number of nitrogens with zero attached hydrogens (tertiary/aromatic N) is 1. The Bertz CT molecular complexity index is 385. The second-order valence-electron chi connectivity index (χ2n) is 4.84. The number of hydrogen-bond acceptors (Lipinski definition) is 3. The van der Waals surface area contributed by atoms with Gasteiger partial charge in [-0.2, -0.15) is 0 Å². The molecule has 1 unspecified atom stereocenters. The van der Waals surface area contributed by atoms with Crippen LogP contribution >= 0.6 is 0 Å². The zero-order valence-electron chi connectivity index (χ0n) is 9.90. The Kier molecular flexibility index (Phi) is 3.64. The highest BCUT2D eigenvalue weighted by Gasteiger charge is 2.27. The first-order valence-corrected chi connectivity index (χ1v) is 6.03. The number of halogens is 1. The first-order valence-electron chi connectivity index (χ1n) is 6.03. The lowest BCUT2D eigenvalue weighted by atomic mass is 9.93. The van der Waals surface area contributed by atoms with Crippen molar-refractivity contribution >= 4 is 5.69 Å². The highest BCUT2D eigenvalue weighted by Crippen LogP contribution is 2.24. The SMILES string of the molecule is NC1(CO)CCCN(c2cccc(F)c2)CC1. The molecule has 1 aromatic carbocycles. The summed E-state index contributed by atoms with van der Waals surface area (Å²) in [5.41, 5.74) is 6.50. The molecule has 0 saturated carbocycles. The van der Waals surface area contributed by atoms with Gasteiger partial charge in [0.1, 0.15) is 5.82 Å². The van der Waals surface area contributed by atoms with Crippen molar-refractivity contribution < 1.29 is 9.50 Å². The second-order valence-corrected chi connectivity index (χ2v) is 4.84. The Morgan fingerprint density at radius 3 is 2.88 bits per heavy atom. The summed E-state index contributed by atoms with van der Waals surface area (Å²) in [5.74, 6) is -0.215. The zero-order valence-corrected chi connectivity index (χ0v) is 9.90. The van der Waals surface area contributed by atoms with Gasteiger partial charge in [-0.3, -0.25) is 0 Å². The van der Waals surface area contributed by atoms with Crippen molar-refractivity contribution in [3.63, 3.8) is 0 Å². The van der Waals surface area contributed by atoms with Crippen LogP contribution in [0, 0.1) is 5.82 Å².